The molecule has 0 radical (unpaired) electrons. The maximum Gasteiger partial charge on any atom is 0.101 e. The molecule has 0 saturated heterocycles. The molecule has 0 aliphatic heterocycles. The summed E-state index contributed by atoms with van der Waals surface area (Å²) in [5.41, 5.74) is 0. The van der Waals surface area contributed by atoms with Crippen LogP contribution in [-0.4, -0.2) is 4.57 Å². The monoisotopic (exact) mass is 339 g/mol. The van der Waals surface area contributed by atoms with Crippen LogP contribution in [0.2, 0.25) is 0 Å². The van der Waals surface area contributed by atoms with Gasteiger partial charge in [0.25, 0.3) is 0 Å². The highest BCUT2D eigenvalue weighted by Gasteiger charge is 2.07. The lowest BCUT2D eigenvalue weighted by Crippen LogP contribution is -1.91. The molecular formula is C7H4Br3N. The molecule has 1 aromatic heterocycles. The summed E-state index contributed by atoms with van der Waals surface area (Å²) in [6, 6.07) is 0. The average molecular weight is 342 g/mol. The van der Waals surface area contributed by atoms with Gasteiger partial charge < -0.3 is 4.57 Å². The topological polar surface area (TPSA) is 4.93 Å². The van der Waals surface area contributed by atoms with Crippen molar-refractivity contribution in [3.8, 4) is 12.3 Å². The van der Waals surface area contributed by atoms with E-state index in [-0.39, 0.29) is 0 Å². The summed E-state index contributed by atoms with van der Waals surface area (Å²) in [5.74, 6) is 2.56. The van der Waals surface area contributed by atoms with E-state index in [4.69, 9.17) is 6.42 Å². The molecule has 1 nitrogen and oxygen atoms in total. The number of hydrogen-bond donors (Lipinski definition) is 0. The maximum absolute atomic E-state index is 5.17. The van der Waals surface area contributed by atoms with Gasteiger partial charge in [-0.3, -0.25) is 0 Å². The van der Waals surface area contributed by atoms with Crippen LogP contribution in [0.4, 0.5) is 0 Å². The van der Waals surface area contributed by atoms with Crippen molar-refractivity contribution in [2.45, 2.75) is 6.54 Å². The van der Waals surface area contributed by atoms with Gasteiger partial charge in [-0.1, -0.05) is 5.92 Å². The number of rotatable bonds is 1. The minimum absolute atomic E-state index is 0.574. The molecule has 4 heteroatoms. The second-order valence-electron chi connectivity index (χ2n) is 1.91. The van der Waals surface area contributed by atoms with E-state index in [1.54, 1.807) is 0 Å². The first-order valence-electron chi connectivity index (χ1n) is 2.80. The molecule has 0 N–H and O–H groups in total. The van der Waals surface area contributed by atoms with Crippen LogP contribution in [0, 0.1) is 12.3 Å². The smallest absolute Gasteiger partial charge is 0.101 e. The van der Waals surface area contributed by atoms with E-state index in [1.807, 2.05) is 10.8 Å². The van der Waals surface area contributed by atoms with Crippen molar-refractivity contribution in [2.24, 2.45) is 0 Å². The van der Waals surface area contributed by atoms with Crippen LogP contribution in [0.15, 0.2) is 19.7 Å². The molecule has 1 heterocycles. The SMILES string of the molecule is C#CCn1cc(Br)c(Br)c1Br. The van der Waals surface area contributed by atoms with E-state index >= 15 is 0 Å². The lowest BCUT2D eigenvalue weighted by molar-refractivity contribution is 0.827. The Balaban J connectivity index is 3.10. The van der Waals surface area contributed by atoms with Crippen LogP contribution in [0.25, 0.3) is 0 Å². The first-order chi connectivity index (χ1) is 5.16. The van der Waals surface area contributed by atoms with E-state index in [1.165, 1.54) is 0 Å². The minimum Gasteiger partial charge on any atom is -0.329 e. The molecule has 0 aliphatic rings. The van der Waals surface area contributed by atoms with Crippen molar-refractivity contribution in [3.05, 3.63) is 19.7 Å². The quantitative estimate of drug-likeness (QED) is 0.690. The molecule has 0 atom stereocenters. The fourth-order valence-corrected chi connectivity index (χ4v) is 2.16. The molecular weight excluding hydrogens is 338 g/mol. The van der Waals surface area contributed by atoms with Crippen molar-refractivity contribution in [1.29, 1.82) is 0 Å². The molecule has 58 valence electrons. The molecule has 0 spiro atoms. The van der Waals surface area contributed by atoms with E-state index in [0.29, 0.717) is 6.54 Å². The lowest BCUT2D eigenvalue weighted by atomic mass is 10.6. The molecule has 0 fully saturated rings. The third kappa shape index (κ3) is 1.90. The molecule has 0 bridgehead atoms. The van der Waals surface area contributed by atoms with Gasteiger partial charge in [0.1, 0.15) is 4.60 Å². The number of aromatic nitrogens is 1. The van der Waals surface area contributed by atoms with Crippen LogP contribution < -0.4 is 0 Å². The summed E-state index contributed by atoms with van der Waals surface area (Å²) in [7, 11) is 0. The molecule has 1 rings (SSSR count). The third-order valence-electron chi connectivity index (χ3n) is 1.17. The standard InChI is InChI=1S/C7H4Br3N/c1-2-3-11-4-5(8)6(9)7(11)10/h1,4H,3H2. The summed E-state index contributed by atoms with van der Waals surface area (Å²) < 4.78 is 4.88. The normalized spacial score (nSPS) is 9.64. The predicted octanol–water partition coefficient (Wildman–Crippen LogP) is 3.41. The Morgan fingerprint density at radius 1 is 1.45 bits per heavy atom. The van der Waals surface area contributed by atoms with Gasteiger partial charge in [-0.15, -0.1) is 6.42 Å². The van der Waals surface area contributed by atoms with Gasteiger partial charge in [-0.2, -0.15) is 0 Å². The van der Waals surface area contributed by atoms with Crippen molar-refractivity contribution in [2.75, 3.05) is 0 Å². The third-order valence-corrected chi connectivity index (χ3v) is 4.49. The van der Waals surface area contributed by atoms with Gasteiger partial charge in [-0.25, -0.2) is 0 Å². The summed E-state index contributed by atoms with van der Waals surface area (Å²) in [5, 5.41) is 0. The van der Waals surface area contributed by atoms with Crippen molar-refractivity contribution in [3.63, 3.8) is 0 Å². The Kier molecular flexibility index (Phi) is 3.23. The summed E-state index contributed by atoms with van der Waals surface area (Å²) in [6.45, 7) is 0.574. The average Bonchev–Trinajstić information content (AvgIpc) is 2.19. The summed E-state index contributed by atoms with van der Waals surface area (Å²) in [4.78, 5) is 0. The Labute approximate surface area is 90.5 Å². The number of halogens is 3. The van der Waals surface area contributed by atoms with Crippen molar-refractivity contribution < 1.29 is 0 Å². The fourth-order valence-electron chi connectivity index (χ4n) is 0.688. The molecule has 0 aromatic carbocycles. The Morgan fingerprint density at radius 2 is 2.09 bits per heavy atom. The molecule has 1 aromatic rings. The number of hydrogen-bond acceptors (Lipinski definition) is 0. The van der Waals surface area contributed by atoms with Crippen LogP contribution in [0.5, 0.6) is 0 Å². The van der Waals surface area contributed by atoms with Crippen LogP contribution in [0.3, 0.4) is 0 Å². The summed E-state index contributed by atoms with van der Waals surface area (Å²) >= 11 is 10.1. The van der Waals surface area contributed by atoms with Crippen LogP contribution in [0.1, 0.15) is 0 Å². The predicted molar refractivity (Wildman–Crippen MR) is 56.4 cm³/mol. The molecule has 0 unspecified atom stereocenters. The largest absolute Gasteiger partial charge is 0.329 e. The van der Waals surface area contributed by atoms with Crippen LogP contribution >= 0.6 is 47.8 Å². The van der Waals surface area contributed by atoms with E-state index in [9.17, 15) is 0 Å². The molecule has 0 aliphatic carbocycles. The highest BCUT2D eigenvalue weighted by molar-refractivity contribution is 9.14. The zero-order chi connectivity index (χ0) is 8.43. The maximum atomic E-state index is 5.17. The second kappa shape index (κ2) is 3.79. The highest BCUT2D eigenvalue weighted by atomic mass is 79.9. The zero-order valence-electron chi connectivity index (χ0n) is 5.44. The lowest BCUT2D eigenvalue weighted by Gasteiger charge is -1.96. The van der Waals surface area contributed by atoms with Crippen LogP contribution in [-0.2, 0) is 6.54 Å². The Hall–Kier alpha value is 0.280. The summed E-state index contributed by atoms with van der Waals surface area (Å²) in [6.07, 6.45) is 7.09. The van der Waals surface area contributed by atoms with Gasteiger partial charge in [0, 0.05) is 6.20 Å². The van der Waals surface area contributed by atoms with E-state index in [0.717, 1.165) is 13.5 Å². The van der Waals surface area contributed by atoms with Gasteiger partial charge >= 0.3 is 0 Å². The first kappa shape index (κ1) is 9.37. The number of terminal acetylenes is 1. The van der Waals surface area contributed by atoms with Gasteiger partial charge in [0.15, 0.2) is 0 Å². The van der Waals surface area contributed by atoms with Gasteiger partial charge in [-0.05, 0) is 47.8 Å². The molecule has 0 amide bonds. The van der Waals surface area contributed by atoms with Gasteiger partial charge in [0.2, 0.25) is 0 Å². The van der Waals surface area contributed by atoms with E-state index < -0.39 is 0 Å². The number of nitrogens with zero attached hydrogens (tertiary/aromatic N) is 1. The Morgan fingerprint density at radius 3 is 2.45 bits per heavy atom. The Bertz CT molecular complexity index is 308. The second-order valence-corrected chi connectivity index (χ2v) is 4.31. The zero-order valence-corrected chi connectivity index (χ0v) is 10.2. The molecule has 0 saturated carbocycles. The van der Waals surface area contributed by atoms with E-state index in [2.05, 4.69) is 53.7 Å². The van der Waals surface area contributed by atoms with Crippen molar-refractivity contribution in [1.82, 2.24) is 4.57 Å². The highest BCUT2D eigenvalue weighted by Crippen LogP contribution is 2.32. The minimum atomic E-state index is 0.574. The fraction of sp³-hybridized carbons (Fsp3) is 0.143. The molecule has 11 heavy (non-hydrogen) atoms. The van der Waals surface area contributed by atoms with Gasteiger partial charge in [0.05, 0.1) is 15.5 Å². The first-order valence-corrected chi connectivity index (χ1v) is 5.17. The van der Waals surface area contributed by atoms with Crippen molar-refractivity contribution >= 4 is 47.8 Å².